The molecule has 0 atom stereocenters. The van der Waals surface area contributed by atoms with Gasteiger partial charge in [0, 0.05) is 16.7 Å². The van der Waals surface area contributed by atoms with E-state index in [1.807, 2.05) is 0 Å². The third-order valence-electron chi connectivity index (χ3n) is 2.20. The van der Waals surface area contributed by atoms with Crippen molar-refractivity contribution < 1.29 is 14.3 Å². The number of halogens is 1. The largest absolute Gasteiger partial charge is 0.466 e. The van der Waals surface area contributed by atoms with Crippen molar-refractivity contribution in [3.05, 3.63) is 28.2 Å². The molecule has 1 rings (SSSR count). The summed E-state index contributed by atoms with van der Waals surface area (Å²) in [7, 11) is 0. The molecular weight excluding hydrogens is 300 g/mol. The summed E-state index contributed by atoms with van der Waals surface area (Å²) < 4.78 is 5.43. The Labute approximate surface area is 114 Å². The number of primary amides is 1. The van der Waals surface area contributed by atoms with Gasteiger partial charge in [0.15, 0.2) is 0 Å². The lowest BCUT2D eigenvalue weighted by Crippen LogP contribution is -2.13. The predicted molar refractivity (Wildman–Crippen MR) is 72.4 cm³/mol. The van der Waals surface area contributed by atoms with Crippen LogP contribution in [0.5, 0.6) is 0 Å². The fourth-order valence-corrected chi connectivity index (χ4v) is 1.94. The molecule has 0 aliphatic rings. The summed E-state index contributed by atoms with van der Waals surface area (Å²) in [5.74, 6) is -0.724. The molecule has 5 nitrogen and oxygen atoms in total. The van der Waals surface area contributed by atoms with Crippen LogP contribution in [0.25, 0.3) is 0 Å². The van der Waals surface area contributed by atoms with Gasteiger partial charge in [-0.15, -0.1) is 0 Å². The third kappa shape index (κ3) is 4.37. The number of hydrogen-bond donors (Lipinski definition) is 2. The van der Waals surface area contributed by atoms with E-state index < -0.39 is 5.91 Å². The fourth-order valence-electron chi connectivity index (χ4n) is 1.37. The number of anilines is 1. The summed E-state index contributed by atoms with van der Waals surface area (Å²) in [6.07, 6.45) is 0.295. The first-order chi connectivity index (χ1) is 8.54. The monoisotopic (exact) mass is 314 g/mol. The highest BCUT2D eigenvalue weighted by molar-refractivity contribution is 9.10. The van der Waals surface area contributed by atoms with Gasteiger partial charge >= 0.3 is 5.97 Å². The normalized spacial score (nSPS) is 9.89. The molecule has 0 aromatic heterocycles. The molecule has 0 aliphatic carbocycles. The zero-order valence-corrected chi connectivity index (χ0v) is 11.6. The Kier molecular flexibility index (Phi) is 5.64. The molecule has 6 heteroatoms. The number of esters is 1. The Morgan fingerprint density at radius 3 is 2.72 bits per heavy atom. The molecule has 3 N–H and O–H groups in total. The quantitative estimate of drug-likeness (QED) is 0.786. The van der Waals surface area contributed by atoms with Crippen molar-refractivity contribution in [1.29, 1.82) is 0 Å². The van der Waals surface area contributed by atoms with Gasteiger partial charge in [0.05, 0.1) is 18.6 Å². The van der Waals surface area contributed by atoms with Crippen molar-refractivity contribution in [2.24, 2.45) is 5.73 Å². The highest BCUT2D eigenvalue weighted by Gasteiger charge is 2.07. The van der Waals surface area contributed by atoms with Crippen LogP contribution in [0.3, 0.4) is 0 Å². The summed E-state index contributed by atoms with van der Waals surface area (Å²) in [5.41, 5.74) is 6.41. The Hall–Kier alpha value is -1.56. The second kappa shape index (κ2) is 7.00. The molecule has 0 heterocycles. The molecule has 0 spiro atoms. The summed E-state index contributed by atoms with van der Waals surface area (Å²) >= 11 is 3.26. The maximum Gasteiger partial charge on any atom is 0.307 e. The van der Waals surface area contributed by atoms with Crippen LogP contribution in [0.2, 0.25) is 0 Å². The SMILES string of the molecule is CCOC(=O)CCNc1ccc(C(N)=O)c(Br)c1. The van der Waals surface area contributed by atoms with E-state index in [2.05, 4.69) is 21.2 Å². The van der Waals surface area contributed by atoms with Crippen molar-refractivity contribution in [1.82, 2.24) is 0 Å². The maximum absolute atomic E-state index is 11.1. The molecule has 0 fully saturated rings. The number of hydrogen-bond acceptors (Lipinski definition) is 4. The Bertz CT molecular complexity index is 449. The van der Waals surface area contributed by atoms with E-state index >= 15 is 0 Å². The van der Waals surface area contributed by atoms with E-state index in [0.29, 0.717) is 29.6 Å². The zero-order chi connectivity index (χ0) is 13.5. The van der Waals surface area contributed by atoms with Crippen LogP contribution in [0, 0.1) is 0 Å². The number of benzene rings is 1. The molecule has 18 heavy (non-hydrogen) atoms. The van der Waals surface area contributed by atoms with Crippen LogP contribution in [-0.2, 0) is 9.53 Å². The second-order valence-corrected chi connectivity index (χ2v) is 4.40. The average molecular weight is 315 g/mol. The van der Waals surface area contributed by atoms with E-state index in [0.717, 1.165) is 5.69 Å². The third-order valence-corrected chi connectivity index (χ3v) is 2.85. The average Bonchev–Trinajstić information content (AvgIpc) is 2.29. The van der Waals surface area contributed by atoms with E-state index in [4.69, 9.17) is 10.5 Å². The first kappa shape index (κ1) is 14.5. The van der Waals surface area contributed by atoms with Crippen LogP contribution in [0.1, 0.15) is 23.7 Å². The Morgan fingerprint density at radius 1 is 1.44 bits per heavy atom. The molecule has 0 saturated carbocycles. The lowest BCUT2D eigenvalue weighted by atomic mass is 10.2. The number of amides is 1. The van der Waals surface area contributed by atoms with Gasteiger partial charge in [-0.3, -0.25) is 9.59 Å². The lowest BCUT2D eigenvalue weighted by molar-refractivity contribution is -0.142. The molecule has 98 valence electrons. The van der Waals surface area contributed by atoms with Crippen LogP contribution in [-0.4, -0.2) is 25.0 Å². The van der Waals surface area contributed by atoms with Crippen molar-refractivity contribution in [3.63, 3.8) is 0 Å². The summed E-state index contributed by atoms with van der Waals surface area (Å²) in [6, 6.07) is 5.10. The number of carbonyl (C=O) groups excluding carboxylic acids is 2. The number of nitrogens with one attached hydrogen (secondary N) is 1. The number of carbonyl (C=O) groups is 2. The number of nitrogens with two attached hydrogens (primary N) is 1. The van der Waals surface area contributed by atoms with Crippen molar-refractivity contribution in [2.75, 3.05) is 18.5 Å². The molecular formula is C12H15BrN2O3. The minimum atomic E-state index is -0.486. The maximum atomic E-state index is 11.1. The molecule has 0 bridgehead atoms. The van der Waals surface area contributed by atoms with Crippen molar-refractivity contribution >= 4 is 33.5 Å². The Morgan fingerprint density at radius 2 is 2.17 bits per heavy atom. The molecule has 0 saturated heterocycles. The summed E-state index contributed by atoms with van der Waals surface area (Å²) in [5, 5.41) is 3.06. The van der Waals surface area contributed by atoms with E-state index in [1.165, 1.54) is 0 Å². The first-order valence-electron chi connectivity index (χ1n) is 5.53. The van der Waals surface area contributed by atoms with E-state index in [9.17, 15) is 9.59 Å². The highest BCUT2D eigenvalue weighted by atomic mass is 79.9. The van der Waals surface area contributed by atoms with Gasteiger partial charge in [-0.1, -0.05) is 0 Å². The lowest BCUT2D eigenvalue weighted by Gasteiger charge is -2.08. The predicted octanol–water partition coefficient (Wildman–Crippen LogP) is 1.91. The molecule has 0 aliphatic heterocycles. The second-order valence-electron chi connectivity index (χ2n) is 3.54. The van der Waals surface area contributed by atoms with Crippen LogP contribution in [0.15, 0.2) is 22.7 Å². The summed E-state index contributed by atoms with van der Waals surface area (Å²) in [4.78, 5) is 22.1. The topological polar surface area (TPSA) is 81.4 Å². The van der Waals surface area contributed by atoms with Gasteiger partial charge in [-0.25, -0.2) is 0 Å². The summed E-state index contributed by atoms with van der Waals surface area (Å²) in [6.45, 7) is 2.63. The van der Waals surface area contributed by atoms with Crippen molar-refractivity contribution in [3.8, 4) is 0 Å². The standard InChI is InChI=1S/C12H15BrN2O3/c1-2-18-11(16)5-6-15-8-3-4-9(12(14)17)10(13)7-8/h3-4,7,15H,2,5-6H2,1H3,(H2,14,17). The van der Waals surface area contributed by atoms with Gasteiger partial charge in [-0.2, -0.15) is 0 Å². The van der Waals surface area contributed by atoms with Gasteiger partial charge in [-0.05, 0) is 41.1 Å². The van der Waals surface area contributed by atoms with Gasteiger partial charge < -0.3 is 15.8 Å². The molecule has 1 aromatic carbocycles. The van der Waals surface area contributed by atoms with Gasteiger partial charge in [0.1, 0.15) is 0 Å². The minimum Gasteiger partial charge on any atom is -0.466 e. The smallest absolute Gasteiger partial charge is 0.307 e. The number of ether oxygens (including phenoxy) is 1. The highest BCUT2D eigenvalue weighted by Crippen LogP contribution is 2.21. The van der Waals surface area contributed by atoms with E-state index in [-0.39, 0.29) is 5.97 Å². The minimum absolute atomic E-state index is 0.238. The van der Waals surface area contributed by atoms with Crippen LogP contribution >= 0.6 is 15.9 Å². The van der Waals surface area contributed by atoms with Gasteiger partial charge in [0.2, 0.25) is 5.91 Å². The first-order valence-corrected chi connectivity index (χ1v) is 6.32. The number of rotatable bonds is 6. The molecule has 0 unspecified atom stereocenters. The molecule has 0 radical (unpaired) electrons. The van der Waals surface area contributed by atoms with Crippen molar-refractivity contribution in [2.45, 2.75) is 13.3 Å². The van der Waals surface area contributed by atoms with Crippen LogP contribution in [0.4, 0.5) is 5.69 Å². The van der Waals surface area contributed by atoms with Gasteiger partial charge in [0.25, 0.3) is 0 Å². The van der Waals surface area contributed by atoms with E-state index in [1.54, 1.807) is 25.1 Å². The Balaban J connectivity index is 2.51. The van der Waals surface area contributed by atoms with Crippen LogP contribution < -0.4 is 11.1 Å². The molecule has 1 aromatic rings. The zero-order valence-electron chi connectivity index (χ0n) is 10.0. The molecule has 1 amide bonds. The fraction of sp³-hybridized carbons (Fsp3) is 0.333.